The summed E-state index contributed by atoms with van der Waals surface area (Å²) in [4.78, 5) is 12.1. The van der Waals surface area contributed by atoms with Gasteiger partial charge in [0.1, 0.15) is 23.4 Å². The number of aryl methyl sites for hydroxylation is 1. The van der Waals surface area contributed by atoms with E-state index in [2.05, 4.69) is 10.6 Å². The van der Waals surface area contributed by atoms with Crippen LogP contribution >= 0.6 is 0 Å². The fraction of sp³-hybridized carbons (Fsp3) is 0.316. The van der Waals surface area contributed by atoms with E-state index in [1.165, 1.54) is 12.1 Å². The van der Waals surface area contributed by atoms with Gasteiger partial charge >= 0.3 is 0 Å². The van der Waals surface area contributed by atoms with E-state index >= 15 is 0 Å². The molecule has 1 amide bonds. The van der Waals surface area contributed by atoms with Crippen molar-refractivity contribution >= 4 is 5.91 Å². The Hall–Kier alpha value is -2.44. The Balaban J connectivity index is 1.57. The van der Waals surface area contributed by atoms with Crippen LogP contribution in [-0.4, -0.2) is 31.7 Å². The number of nitrogens with one attached hydrogen (secondary N) is 2. The molecule has 0 radical (unpaired) electrons. The molecule has 1 aliphatic heterocycles. The molecule has 1 unspecified atom stereocenters. The van der Waals surface area contributed by atoms with Crippen LogP contribution in [-0.2, 0) is 16.1 Å². The number of hydrogen-bond acceptors (Lipinski definition) is 4. The number of hydrogen-bond donors (Lipinski definition) is 2. The average Bonchev–Trinajstić information content (AvgIpc) is 2.64. The van der Waals surface area contributed by atoms with E-state index in [4.69, 9.17) is 9.47 Å². The van der Waals surface area contributed by atoms with Gasteiger partial charge in [-0.15, -0.1) is 0 Å². The first-order chi connectivity index (χ1) is 12.1. The van der Waals surface area contributed by atoms with Crippen molar-refractivity contribution in [1.82, 2.24) is 10.6 Å². The summed E-state index contributed by atoms with van der Waals surface area (Å²) >= 11 is 0. The van der Waals surface area contributed by atoms with Crippen LogP contribution in [0.2, 0.25) is 0 Å². The number of halogens is 1. The van der Waals surface area contributed by atoms with Gasteiger partial charge < -0.3 is 20.1 Å². The summed E-state index contributed by atoms with van der Waals surface area (Å²) in [5, 5.41) is 6.02. The highest BCUT2D eigenvalue weighted by Crippen LogP contribution is 2.25. The molecule has 0 spiro atoms. The van der Waals surface area contributed by atoms with Crippen LogP contribution < -0.4 is 15.4 Å². The van der Waals surface area contributed by atoms with Gasteiger partial charge in [0, 0.05) is 19.6 Å². The predicted molar refractivity (Wildman–Crippen MR) is 92.1 cm³/mol. The Labute approximate surface area is 146 Å². The molecule has 5 nitrogen and oxygen atoms in total. The highest BCUT2D eigenvalue weighted by atomic mass is 19.1. The summed E-state index contributed by atoms with van der Waals surface area (Å²) in [5.41, 5.74) is 1.91. The SMILES string of the molecule is Cc1cc(CNC(=O)C2CNCCO2)ccc1Oc1ccc(F)cc1. The summed E-state index contributed by atoms with van der Waals surface area (Å²) in [6.45, 7) is 4.22. The fourth-order valence-corrected chi connectivity index (χ4v) is 2.60. The summed E-state index contributed by atoms with van der Waals surface area (Å²) in [7, 11) is 0. The molecule has 1 aliphatic rings. The molecule has 0 saturated carbocycles. The van der Waals surface area contributed by atoms with Gasteiger partial charge in [-0.25, -0.2) is 4.39 Å². The van der Waals surface area contributed by atoms with E-state index < -0.39 is 6.10 Å². The van der Waals surface area contributed by atoms with E-state index in [0.29, 0.717) is 31.2 Å². The first-order valence-electron chi connectivity index (χ1n) is 8.25. The second-order valence-corrected chi connectivity index (χ2v) is 5.94. The smallest absolute Gasteiger partial charge is 0.250 e. The number of amides is 1. The zero-order valence-corrected chi connectivity index (χ0v) is 14.0. The third-order valence-corrected chi connectivity index (χ3v) is 3.97. The third kappa shape index (κ3) is 4.78. The Morgan fingerprint density at radius 2 is 2.12 bits per heavy atom. The molecular formula is C19H21FN2O3. The predicted octanol–water partition coefficient (Wildman–Crippen LogP) is 2.53. The summed E-state index contributed by atoms with van der Waals surface area (Å²) in [6, 6.07) is 11.6. The molecular weight excluding hydrogens is 323 g/mol. The second-order valence-electron chi connectivity index (χ2n) is 5.94. The summed E-state index contributed by atoms with van der Waals surface area (Å²) < 4.78 is 24.1. The highest BCUT2D eigenvalue weighted by Gasteiger charge is 2.21. The largest absolute Gasteiger partial charge is 0.457 e. The molecule has 1 saturated heterocycles. The minimum atomic E-state index is -0.434. The maximum atomic E-state index is 12.9. The number of ether oxygens (including phenoxy) is 2. The van der Waals surface area contributed by atoms with Crippen LogP contribution in [0, 0.1) is 12.7 Å². The van der Waals surface area contributed by atoms with E-state index in [-0.39, 0.29) is 11.7 Å². The maximum Gasteiger partial charge on any atom is 0.250 e. The van der Waals surface area contributed by atoms with Crippen molar-refractivity contribution in [3.05, 3.63) is 59.4 Å². The quantitative estimate of drug-likeness (QED) is 0.875. The molecule has 1 atom stereocenters. The minimum absolute atomic E-state index is 0.114. The van der Waals surface area contributed by atoms with Crippen LogP contribution in [0.4, 0.5) is 4.39 Å². The van der Waals surface area contributed by atoms with Crippen molar-refractivity contribution in [2.45, 2.75) is 19.6 Å². The Kier molecular flexibility index (Phi) is 5.63. The first kappa shape index (κ1) is 17.4. The van der Waals surface area contributed by atoms with Gasteiger partial charge in [-0.2, -0.15) is 0 Å². The van der Waals surface area contributed by atoms with Gasteiger partial charge in [0.15, 0.2) is 0 Å². The molecule has 0 aliphatic carbocycles. The van der Waals surface area contributed by atoms with Gasteiger partial charge in [0.2, 0.25) is 0 Å². The van der Waals surface area contributed by atoms with E-state index in [1.54, 1.807) is 12.1 Å². The van der Waals surface area contributed by atoms with Crippen LogP contribution in [0.25, 0.3) is 0 Å². The molecule has 2 aromatic carbocycles. The monoisotopic (exact) mass is 344 g/mol. The molecule has 25 heavy (non-hydrogen) atoms. The lowest BCUT2D eigenvalue weighted by atomic mass is 10.1. The highest BCUT2D eigenvalue weighted by molar-refractivity contribution is 5.81. The van der Waals surface area contributed by atoms with Gasteiger partial charge in [0.25, 0.3) is 5.91 Å². The molecule has 3 rings (SSSR count). The second kappa shape index (κ2) is 8.09. The van der Waals surface area contributed by atoms with Crippen molar-refractivity contribution in [2.24, 2.45) is 0 Å². The van der Waals surface area contributed by atoms with E-state index in [9.17, 15) is 9.18 Å². The molecule has 2 N–H and O–H groups in total. The van der Waals surface area contributed by atoms with Crippen LogP contribution in [0.3, 0.4) is 0 Å². The molecule has 0 aromatic heterocycles. The van der Waals surface area contributed by atoms with E-state index in [1.807, 2.05) is 25.1 Å². The van der Waals surface area contributed by atoms with Crippen molar-refractivity contribution in [1.29, 1.82) is 0 Å². The normalized spacial score (nSPS) is 17.1. The average molecular weight is 344 g/mol. The third-order valence-electron chi connectivity index (χ3n) is 3.97. The summed E-state index contributed by atoms with van der Waals surface area (Å²) in [6.07, 6.45) is -0.434. The topological polar surface area (TPSA) is 59.6 Å². The minimum Gasteiger partial charge on any atom is -0.457 e. The van der Waals surface area contributed by atoms with Gasteiger partial charge in [-0.05, 0) is 48.4 Å². The Bertz CT molecular complexity index is 728. The lowest BCUT2D eigenvalue weighted by Gasteiger charge is -2.22. The first-order valence-corrected chi connectivity index (χ1v) is 8.25. The molecule has 6 heteroatoms. The van der Waals surface area contributed by atoms with Crippen molar-refractivity contribution in [3.8, 4) is 11.5 Å². The van der Waals surface area contributed by atoms with Gasteiger partial charge in [0.05, 0.1) is 6.61 Å². The molecule has 2 aromatic rings. The molecule has 0 bridgehead atoms. The number of morpholine rings is 1. The fourth-order valence-electron chi connectivity index (χ4n) is 2.60. The Morgan fingerprint density at radius 3 is 2.80 bits per heavy atom. The van der Waals surface area contributed by atoms with Crippen LogP contribution in [0.15, 0.2) is 42.5 Å². The van der Waals surface area contributed by atoms with Crippen LogP contribution in [0.5, 0.6) is 11.5 Å². The van der Waals surface area contributed by atoms with E-state index in [0.717, 1.165) is 17.7 Å². The lowest BCUT2D eigenvalue weighted by molar-refractivity contribution is -0.134. The zero-order chi connectivity index (χ0) is 17.6. The van der Waals surface area contributed by atoms with Gasteiger partial charge in [-0.1, -0.05) is 12.1 Å². The molecule has 1 heterocycles. The molecule has 1 fully saturated rings. The lowest BCUT2D eigenvalue weighted by Crippen LogP contribution is -2.47. The van der Waals surface area contributed by atoms with Crippen molar-refractivity contribution < 1.29 is 18.7 Å². The van der Waals surface area contributed by atoms with Crippen molar-refractivity contribution in [3.63, 3.8) is 0 Å². The number of rotatable bonds is 5. The Morgan fingerprint density at radius 1 is 1.32 bits per heavy atom. The zero-order valence-electron chi connectivity index (χ0n) is 14.0. The van der Waals surface area contributed by atoms with Gasteiger partial charge in [-0.3, -0.25) is 4.79 Å². The summed E-state index contributed by atoms with van der Waals surface area (Å²) in [5.74, 6) is 0.859. The molecule has 132 valence electrons. The van der Waals surface area contributed by atoms with Crippen molar-refractivity contribution in [2.75, 3.05) is 19.7 Å². The number of carbonyl (C=O) groups excluding carboxylic acids is 1. The standard InChI is InChI=1S/C19H21FN2O3/c1-13-10-14(11-22-19(23)18-12-21-8-9-24-18)2-7-17(13)25-16-5-3-15(20)4-6-16/h2-7,10,18,21H,8-9,11-12H2,1H3,(H,22,23). The maximum absolute atomic E-state index is 12.9. The number of carbonyl (C=O) groups is 1. The van der Waals surface area contributed by atoms with Crippen LogP contribution in [0.1, 0.15) is 11.1 Å². The number of benzene rings is 2.